The lowest BCUT2D eigenvalue weighted by molar-refractivity contribution is 0.389. The third kappa shape index (κ3) is 1.68. The fourth-order valence-corrected chi connectivity index (χ4v) is 2.72. The second kappa shape index (κ2) is 2.59. The van der Waals surface area contributed by atoms with Crippen LogP contribution in [0, 0.1) is 5.41 Å². The second-order valence-electron chi connectivity index (χ2n) is 3.00. The molecule has 2 heteroatoms. The van der Waals surface area contributed by atoms with Gasteiger partial charge in [-0.3, -0.25) is 0 Å². The second-order valence-corrected chi connectivity index (χ2v) is 4.82. The number of thioether (sulfide) groups is 1. The Balaban J connectivity index is 2.54. The molecular weight excluding hydrogens is 148 g/mol. The maximum absolute atomic E-state index is 5.10. The van der Waals surface area contributed by atoms with Gasteiger partial charge in [-0.1, -0.05) is 26.1 Å². The maximum Gasteiger partial charge on any atom is 0.0484 e. The minimum absolute atomic E-state index is 0.530. The van der Waals surface area contributed by atoms with Crippen molar-refractivity contribution in [3.05, 3.63) is 0 Å². The van der Waals surface area contributed by atoms with E-state index in [-0.39, 0.29) is 0 Å². The molecule has 0 aromatic carbocycles. The van der Waals surface area contributed by atoms with Gasteiger partial charge < -0.3 is 0 Å². The highest BCUT2D eigenvalue weighted by Gasteiger charge is 2.30. The molecule has 0 nitrogen and oxygen atoms in total. The number of thiocarbonyl (C=S) groups is 1. The van der Waals surface area contributed by atoms with Gasteiger partial charge in [0.2, 0.25) is 0 Å². The summed E-state index contributed by atoms with van der Waals surface area (Å²) in [6.07, 6.45) is 2.42. The van der Waals surface area contributed by atoms with Crippen molar-refractivity contribution >= 4 is 28.2 Å². The summed E-state index contributed by atoms with van der Waals surface area (Å²) in [6.45, 7) is 4.56. The smallest absolute Gasteiger partial charge is 0.0484 e. The molecule has 1 rings (SSSR count). The van der Waals surface area contributed by atoms with Gasteiger partial charge in [-0.05, 0) is 18.3 Å². The van der Waals surface area contributed by atoms with Crippen LogP contribution in [0.15, 0.2) is 0 Å². The first-order valence-corrected chi connectivity index (χ1v) is 4.71. The van der Waals surface area contributed by atoms with Gasteiger partial charge in [0.1, 0.15) is 0 Å². The minimum Gasteiger partial charge on any atom is -0.118 e. The molecule has 1 aliphatic heterocycles. The van der Waals surface area contributed by atoms with E-state index in [2.05, 4.69) is 13.8 Å². The highest BCUT2D eigenvalue weighted by atomic mass is 32.2. The molecule has 0 N–H and O–H groups in total. The van der Waals surface area contributed by atoms with Crippen molar-refractivity contribution < 1.29 is 0 Å². The van der Waals surface area contributed by atoms with E-state index in [1.54, 1.807) is 0 Å². The van der Waals surface area contributed by atoms with Crippen LogP contribution in [0.3, 0.4) is 0 Å². The standard InChI is InChI=1S/C7H12S2/c1-3-7(2)4-6(8)9-5-7/h3-5H2,1-2H3. The van der Waals surface area contributed by atoms with Gasteiger partial charge in [-0.25, -0.2) is 0 Å². The third-order valence-electron chi connectivity index (χ3n) is 2.01. The number of hydrogen-bond acceptors (Lipinski definition) is 2. The molecule has 1 heterocycles. The molecule has 0 radical (unpaired) electrons. The van der Waals surface area contributed by atoms with Crippen LogP contribution in [0.2, 0.25) is 0 Å². The van der Waals surface area contributed by atoms with Gasteiger partial charge in [0, 0.05) is 9.95 Å². The maximum atomic E-state index is 5.10. The lowest BCUT2D eigenvalue weighted by Crippen LogP contribution is -2.12. The van der Waals surface area contributed by atoms with Crippen LogP contribution < -0.4 is 0 Å². The monoisotopic (exact) mass is 160 g/mol. The Bertz CT molecular complexity index is 131. The Morgan fingerprint density at radius 2 is 2.44 bits per heavy atom. The Morgan fingerprint density at radius 1 is 1.78 bits per heavy atom. The predicted molar refractivity (Wildman–Crippen MR) is 48.1 cm³/mol. The molecule has 0 aromatic rings. The molecular formula is C7H12S2. The zero-order chi connectivity index (χ0) is 6.91. The lowest BCUT2D eigenvalue weighted by atomic mass is 9.88. The van der Waals surface area contributed by atoms with Gasteiger partial charge >= 0.3 is 0 Å². The molecule has 1 aliphatic rings. The van der Waals surface area contributed by atoms with E-state index in [1.165, 1.54) is 16.4 Å². The van der Waals surface area contributed by atoms with Crippen LogP contribution in [0.1, 0.15) is 26.7 Å². The molecule has 0 amide bonds. The van der Waals surface area contributed by atoms with Gasteiger partial charge in [0.25, 0.3) is 0 Å². The minimum atomic E-state index is 0.530. The van der Waals surface area contributed by atoms with Crippen LogP contribution in [-0.2, 0) is 0 Å². The van der Waals surface area contributed by atoms with Crippen molar-refractivity contribution in [1.29, 1.82) is 0 Å². The van der Waals surface area contributed by atoms with Crippen molar-refractivity contribution in [3.63, 3.8) is 0 Å². The third-order valence-corrected chi connectivity index (χ3v) is 3.81. The average molecular weight is 160 g/mol. The summed E-state index contributed by atoms with van der Waals surface area (Å²) in [4.78, 5) is 0. The van der Waals surface area contributed by atoms with E-state index in [0.29, 0.717) is 5.41 Å². The van der Waals surface area contributed by atoms with Crippen molar-refractivity contribution in [1.82, 2.24) is 0 Å². The zero-order valence-corrected chi connectivity index (χ0v) is 7.57. The van der Waals surface area contributed by atoms with E-state index in [4.69, 9.17) is 12.2 Å². The van der Waals surface area contributed by atoms with E-state index >= 15 is 0 Å². The quantitative estimate of drug-likeness (QED) is 0.541. The van der Waals surface area contributed by atoms with Crippen molar-refractivity contribution in [2.45, 2.75) is 26.7 Å². The summed E-state index contributed by atoms with van der Waals surface area (Å²) < 4.78 is 1.21. The van der Waals surface area contributed by atoms with Gasteiger partial charge in [0.15, 0.2) is 0 Å². The van der Waals surface area contributed by atoms with Crippen molar-refractivity contribution in [3.8, 4) is 0 Å². The topological polar surface area (TPSA) is 0 Å². The summed E-state index contributed by atoms with van der Waals surface area (Å²) in [5.41, 5.74) is 0.530. The fraction of sp³-hybridized carbons (Fsp3) is 0.857. The Labute approximate surface area is 66.4 Å². The first-order chi connectivity index (χ1) is 4.16. The van der Waals surface area contributed by atoms with Crippen LogP contribution >= 0.6 is 24.0 Å². The van der Waals surface area contributed by atoms with Crippen LogP contribution in [0.4, 0.5) is 0 Å². The molecule has 0 bridgehead atoms. The van der Waals surface area contributed by atoms with Crippen molar-refractivity contribution in [2.75, 3.05) is 5.75 Å². The van der Waals surface area contributed by atoms with Gasteiger partial charge in [-0.15, -0.1) is 11.8 Å². The van der Waals surface area contributed by atoms with E-state index < -0.39 is 0 Å². The number of rotatable bonds is 1. The molecule has 1 unspecified atom stereocenters. The van der Waals surface area contributed by atoms with Gasteiger partial charge in [0.05, 0.1) is 0 Å². The predicted octanol–water partition coefficient (Wildman–Crippen LogP) is 2.87. The summed E-state index contributed by atoms with van der Waals surface area (Å²) in [6, 6.07) is 0. The molecule has 1 saturated heterocycles. The SMILES string of the molecule is CCC1(C)CSC(=S)C1. The fourth-order valence-electron chi connectivity index (χ4n) is 0.932. The van der Waals surface area contributed by atoms with Crippen LogP contribution in [0.5, 0.6) is 0 Å². The average Bonchev–Trinajstić information content (AvgIpc) is 2.13. The number of hydrogen-bond donors (Lipinski definition) is 0. The highest BCUT2D eigenvalue weighted by Crippen LogP contribution is 2.39. The molecule has 0 aromatic heterocycles. The molecule has 52 valence electrons. The lowest BCUT2D eigenvalue weighted by Gasteiger charge is -2.18. The summed E-state index contributed by atoms with van der Waals surface area (Å²) >= 11 is 6.96. The largest absolute Gasteiger partial charge is 0.118 e. The molecule has 0 saturated carbocycles. The Morgan fingerprint density at radius 3 is 2.67 bits per heavy atom. The summed E-state index contributed by atoms with van der Waals surface area (Å²) in [7, 11) is 0. The summed E-state index contributed by atoms with van der Waals surface area (Å²) in [5.74, 6) is 1.24. The first kappa shape index (κ1) is 7.55. The van der Waals surface area contributed by atoms with E-state index in [0.717, 1.165) is 6.42 Å². The molecule has 0 spiro atoms. The zero-order valence-electron chi connectivity index (χ0n) is 5.94. The molecule has 1 atom stereocenters. The normalized spacial score (nSPS) is 35.6. The van der Waals surface area contributed by atoms with E-state index in [9.17, 15) is 0 Å². The Kier molecular flexibility index (Phi) is 2.17. The summed E-state index contributed by atoms with van der Waals surface area (Å²) in [5, 5.41) is 0. The van der Waals surface area contributed by atoms with Crippen LogP contribution in [0.25, 0.3) is 0 Å². The molecule has 9 heavy (non-hydrogen) atoms. The van der Waals surface area contributed by atoms with Crippen LogP contribution in [-0.4, -0.2) is 9.95 Å². The van der Waals surface area contributed by atoms with E-state index in [1.807, 2.05) is 11.8 Å². The van der Waals surface area contributed by atoms with Crippen molar-refractivity contribution in [2.24, 2.45) is 5.41 Å². The molecule has 0 aliphatic carbocycles. The first-order valence-electron chi connectivity index (χ1n) is 3.32. The highest BCUT2D eigenvalue weighted by molar-refractivity contribution is 8.23. The molecule has 1 fully saturated rings. The van der Waals surface area contributed by atoms with Gasteiger partial charge in [-0.2, -0.15) is 0 Å². The Hall–Kier alpha value is 0.440.